The molecule has 3 aromatic rings. The highest BCUT2D eigenvalue weighted by Crippen LogP contribution is 2.20. The van der Waals surface area contributed by atoms with Gasteiger partial charge in [0.2, 0.25) is 5.91 Å². The van der Waals surface area contributed by atoms with E-state index in [1.807, 2.05) is 6.07 Å². The van der Waals surface area contributed by atoms with Crippen molar-refractivity contribution in [2.75, 3.05) is 10.0 Å². The number of carbonyl (C=O) groups excluding carboxylic acids is 2. The molecule has 0 aliphatic rings. The van der Waals surface area contributed by atoms with E-state index in [-0.39, 0.29) is 17.2 Å². The van der Waals surface area contributed by atoms with Crippen LogP contribution in [0, 0.1) is 0 Å². The van der Waals surface area contributed by atoms with Crippen LogP contribution in [0.25, 0.3) is 0 Å². The summed E-state index contributed by atoms with van der Waals surface area (Å²) in [6, 6.07) is 22.0. The second-order valence-electron chi connectivity index (χ2n) is 6.72. The molecule has 160 valence electrons. The molecular formula is C22H22N4O4S. The average molecular weight is 439 g/mol. The number of primary amides is 1. The van der Waals surface area contributed by atoms with Gasteiger partial charge in [0.15, 0.2) is 0 Å². The Hall–Kier alpha value is -3.85. The predicted octanol–water partition coefficient (Wildman–Crippen LogP) is 3.23. The first-order chi connectivity index (χ1) is 14.8. The number of hydrogen-bond acceptors (Lipinski definition) is 4. The first-order valence-electron chi connectivity index (χ1n) is 9.42. The maximum Gasteiger partial charge on any atom is 0.312 e. The Labute approximate surface area is 180 Å². The molecular weight excluding hydrogens is 416 g/mol. The highest BCUT2D eigenvalue weighted by atomic mass is 32.2. The maximum absolute atomic E-state index is 12.5. The van der Waals surface area contributed by atoms with E-state index < -0.39 is 22.1 Å². The van der Waals surface area contributed by atoms with Gasteiger partial charge in [-0.05, 0) is 42.0 Å². The van der Waals surface area contributed by atoms with Gasteiger partial charge in [-0.1, -0.05) is 48.5 Å². The van der Waals surface area contributed by atoms with E-state index in [0.717, 1.165) is 5.56 Å². The Morgan fingerprint density at radius 1 is 0.806 bits per heavy atom. The summed E-state index contributed by atoms with van der Waals surface area (Å²) in [4.78, 5) is 23.8. The van der Waals surface area contributed by atoms with Gasteiger partial charge in [-0.15, -0.1) is 0 Å². The topological polar surface area (TPSA) is 130 Å². The van der Waals surface area contributed by atoms with Gasteiger partial charge in [0.1, 0.15) is 0 Å². The van der Waals surface area contributed by atoms with Crippen molar-refractivity contribution in [3.05, 3.63) is 90.5 Å². The highest BCUT2D eigenvalue weighted by molar-refractivity contribution is 7.92. The molecule has 1 atom stereocenters. The van der Waals surface area contributed by atoms with Crippen LogP contribution in [0.2, 0.25) is 0 Å². The minimum atomic E-state index is -3.75. The minimum absolute atomic E-state index is 0.0391. The lowest BCUT2D eigenvalue weighted by Crippen LogP contribution is -2.35. The molecule has 0 aromatic heterocycles. The van der Waals surface area contributed by atoms with E-state index in [1.54, 1.807) is 54.6 Å². The summed E-state index contributed by atoms with van der Waals surface area (Å²) in [7, 11) is -3.75. The standard InChI is InChI=1S/C22H22N4O4S/c23-22(28)25-20(16-7-3-1-4-8-16)15-21(27)24-17-11-13-19(14-12-17)31(29,30)26-18-9-5-2-6-10-18/h1-14,20,26H,15H2,(H,24,27)(H3,23,25,28). The number of urea groups is 1. The fraction of sp³-hybridized carbons (Fsp3) is 0.0909. The highest BCUT2D eigenvalue weighted by Gasteiger charge is 2.18. The third-order valence-corrected chi connectivity index (χ3v) is 5.78. The summed E-state index contributed by atoms with van der Waals surface area (Å²) >= 11 is 0. The Kier molecular flexibility index (Phi) is 6.88. The van der Waals surface area contributed by atoms with Crippen LogP contribution in [-0.2, 0) is 14.8 Å². The maximum atomic E-state index is 12.5. The van der Waals surface area contributed by atoms with Crippen LogP contribution in [0.15, 0.2) is 89.8 Å². The molecule has 1 unspecified atom stereocenters. The number of rotatable bonds is 8. The van der Waals surface area contributed by atoms with Crippen molar-refractivity contribution < 1.29 is 18.0 Å². The van der Waals surface area contributed by atoms with Crippen LogP contribution in [0.1, 0.15) is 18.0 Å². The first-order valence-corrected chi connectivity index (χ1v) is 10.9. The predicted molar refractivity (Wildman–Crippen MR) is 119 cm³/mol. The van der Waals surface area contributed by atoms with Crippen molar-refractivity contribution in [1.29, 1.82) is 0 Å². The molecule has 3 aromatic carbocycles. The fourth-order valence-electron chi connectivity index (χ4n) is 2.94. The van der Waals surface area contributed by atoms with Gasteiger partial charge in [-0.3, -0.25) is 9.52 Å². The molecule has 0 aliphatic carbocycles. The monoisotopic (exact) mass is 438 g/mol. The fourth-order valence-corrected chi connectivity index (χ4v) is 4.00. The van der Waals surface area contributed by atoms with Crippen LogP contribution in [0.3, 0.4) is 0 Å². The van der Waals surface area contributed by atoms with E-state index in [2.05, 4.69) is 15.4 Å². The summed E-state index contributed by atoms with van der Waals surface area (Å²) in [5.41, 5.74) is 6.85. The summed E-state index contributed by atoms with van der Waals surface area (Å²) in [5, 5.41) is 5.25. The largest absolute Gasteiger partial charge is 0.352 e. The molecule has 0 heterocycles. The van der Waals surface area contributed by atoms with Crippen molar-refractivity contribution in [1.82, 2.24) is 5.32 Å². The van der Waals surface area contributed by atoms with Crippen molar-refractivity contribution in [3.8, 4) is 0 Å². The SMILES string of the molecule is NC(=O)NC(CC(=O)Nc1ccc(S(=O)(=O)Nc2ccccc2)cc1)c1ccccc1. The number of carbonyl (C=O) groups is 2. The molecule has 0 aliphatic heterocycles. The quantitative estimate of drug-likeness (QED) is 0.430. The number of nitrogens with two attached hydrogens (primary N) is 1. The summed E-state index contributed by atoms with van der Waals surface area (Å²) < 4.78 is 27.5. The molecule has 8 nitrogen and oxygen atoms in total. The zero-order valence-electron chi connectivity index (χ0n) is 16.5. The van der Waals surface area contributed by atoms with E-state index in [1.165, 1.54) is 24.3 Å². The summed E-state index contributed by atoms with van der Waals surface area (Å²) in [5.74, 6) is -0.361. The second kappa shape index (κ2) is 9.77. The first kappa shape index (κ1) is 21.8. The Morgan fingerprint density at radius 3 is 1.97 bits per heavy atom. The van der Waals surface area contributed by atoms with Crippen LogP contribution in [-0.4, -0.2) is 20.4 Å². The lowest BCUT2D eigenvalue weighted by Gasteiger charge is -2.17. The van der Waals surface area contributed by atoms with Crippen LogP contribution < -0.4 is 21.1 Å². The van der Waals surface area contributed by atoms with Gasteiger partial charge < -0.3 is 16.4 Å². The number of amides is 3. The van der Waals surface area contributed by atoms with Gasteiger partial charge >= 0.3 is 6.03 Å². The number of benzene rings is 3. The molecule has 0 radical (unpaired) electrons. The van der Waals surface area contributed by atoms with Gasteiger partial charge in [0.05, 0.1) is 17.4 Å². The van der Waals surface area contributed by atoms with Gasteiger partial charge in [0.25, 0.3) is 10.0 Å². The van der Waals surface area contributed by atoms with E-state index in [9.17, 15) is 18.0 Å². The minimum Gasteiger partial charge on any atom is -0.352 e. The van der Waals surface area contributed by atoms with Crippen LogP contribution in [0.5, 0.6) is 0 Å². The number of hydrogen-bond donors (Lipinski definition) is 4. The third-order valence-electron chi connectivity index (χ3n) is 4.38. The lowest BCUT2D eigenvalue weighted by atomic mass is 10.0. The molecule has 31 heavy (non-hydrogen) atoms. The molecule has 0 bridgehead atoms. The molecule has 0 saturated carbocycles. The van der Waals surface area contributed by atoms with E-state index >= 15 is 0 Å². The molecule has 5 N–H and O–H groups in total. The normalized spacial score (nSPS) is 11.9. The van der Waals surface area contributed by atoms with Gasteiger partial charge in [-0.25, -0.2) is 13.2 Å². The smallest absolute Gasteiger partial charge is 0.312 e. The van der Waals surface area contributed by atoms with E-state index in [0.29, 0.717) is 11.4 Å². The van der Waals surface area contributed by atoms with Crippen molar-refractivity contribution >= 4 is 33.3 Å². The summed E-state index contributed by atoms with van der Waals surface area (Å²) in [6.07, 6.45) is -0.0391. The molecule has 0 saturated heterocycles. The number of sulfonamides is 1. The molecule has 3 rings (SSSR count). The van der Waals surface area contributed by atoms with Crippen LogP contribution >= 0.6 is 0 Å². The Balaban J connectivity index is 1.66. The molecule has 9 heteroatoms. The molecule has 0 fully saturated rings. The number of anilines is 2. The molecule has 0 spiro atoms. The zero-order chi connectivity index (χ0) is 22.3. The number of nitrogens with one attached hydrogen (secondary N) is 3. The van der Waals surface area contributed by atoms with Crippen molar-refractivity contribution in [2.45, 2.75) is 17.4 Å². The van der Waals surface area contributed by atoms with Crippen molar-refractivity contribution in [3.63, 3.8) is 0 Å². The number of para-hydroxylation sites is 1. The van der Waals surface area contributed by atoms with Gasteiger partial charge in [-0.2, -0.15) is 0 Å². The van der Waals surface area contributed by atoms with Gasteiger partial charge in [0, 0.05) is 11.4 Å². The zero-order valence-corrected chi connectivity index (χ0v) is 17.3. The Morgan fingerprint density at radius 2 is 1.39 bits per heavy atom. The Bertz CT molecular complexity index is 1140. The lowest BCUT2D eigenvalue weighted by molar-refractivity contribution is -0.116. The molecule has 3 amide bonds. The van der Waals surface area contributed by atoms with Crippen LogP contribution in [0.4, 0.5) is 16.2 Å². The van der Waals surface area contributed by atoms with E-state index in [4.69, 9.17) is 5.73 Å². The summed E-state index contributed by atoms with van der Waals surface area (Å²) in [6.45, 7) is 0. The van der Waals surface area contributed by atoms with Crippen molar-refractivity contribution in [2.24, 2.45) is 5.73 Å². The average Bonchev–Trinajstić information content (AvgIpc) is 2.74. The second-order valence-corrected chi connectivity index (χ2v) is 8.40. The third kappa shape index (κ3) is 6.31.